The number of carbonyl (C=O) groups is 1. The molecule has 1 saturated carbocycles. The average molecular weight is 410 g/mol. The molecule has 0 unspecified atom stereocenters. The van der Waals surface area contributed by atoms with Crippen molar-refractivity contribution >= 4 is 27.3 Å². The van der Waals surface area contributed by atoms with Crippen molar-refractivity contribution in [3.8, 4) is 5.75 Å². The van der Waals surface area contributed by atoms with E-state index in [-0.39, 0.29) is 12.0 Å². The molecule has 1 aliphatic rings. The van der Waals surface area contributed by atoms with Crippen LogP contribution in [0.4, 0.5) is 5.69 Å². The van der Waals surface area contributed by atoms with Crippen molar-refractivity contribution in [3.63, 3.8) is 0 Å². The van der Waals surface area contributed by atoms with Crippen molar-refractivity contribution in [3.05, 3.63) is 24.3 Å². The van der Waals surface area contributed by atoms with Gasteiger partial charge in [-0.2, -0.15) is 5.10 Å². The molecule has 28 heavy (non-hydrogen) atoms. The number of rotatable bonds is 6. The summed E-state index contributed by atoms with van der Waals surface area (Å²) in [5, 5.41) is 4.23. The van der Waals surface area contributed by atoms with Gasteiger partial charge in [0.05, 0.1) is 19.1 Å². The number of carbonyl (C=O) groups excluding carboxylic acids is 1. The molecule has 1 aliphatic carbocycles. The number of hydrogen-bond acceptors (Lipinski definition) is 5. The Hall–Kier alpha value is -2.09. The molecule has 2 rings (SSSR count). The van der Waals surface area contributed by atoms with E-state index in [9.17, 15) is 13.2 Å². The van der Waals surface area contributed by atoms with Gasteiger partial charge in [0, 0.05) is 11.8 Å². The molecular formula is C20H31N3O4S. The summed E-state index contributed by atoms with van der Waals surface area (Å²) in [5.74, 6) is 0.692. The molecule has 1 aromatic rings. The van der Waals surface area contributed by atoms with Crippen LogP contribution in [-0.4, -0.2) is 39.9 Å². The van der Waals surface area contributed by atoms with Gasteiger partial charge in [-0.1, -0.05) is 26.8 Å². The van der Waals surface area contributed by atoms with Gasteiger partial charge in [0.15, 0.2) is 0 Å². The minimum Gasteiger partial charge on any atom is -0.497 e. The predicted octanol–water partition coefficient (Wildman–Crippen LogP) is 3.17. The lowest BCUT2D eigenvalue weighted by atomic mass is 9.72. The third-order valence-corrected chi connectivity index (χ3v) is 6.30. The highest BCUT2D eigenvalue weighted by Gasteiger charge is 2.28. The van der Waals surface area contributed by atoms with Crippen molar-refractivity contribution < 1.29 is 17.9 Å². The second-order valence-electron chi connectivity index (χ2n) is 8.32. The highest BCUT2D eigenvalue weighted by Crippen LogP contribution is 2.36. The number of amides is 1. The van der Waals surface area contributed by atoms with Crippen LogP contribution >= 0.6 is 0 Å². The number of anilines is 1. The summed E-state index contributed by atoms with van der Waals surface area (Å²) < 4.78 is 30.5. The van der Waals surface area contributed by atoms with Gasteiger partial charge in [0.2, 0.25) is 10.0 Å². The monoisotopic (exact) mass is 409 g/mol. The normalized spacial score (nSPS) is 17.8. The zero-order chi connectivity index (χ0) is 20.9. The highest BCUT2D eigenvalue weighted by molar-refractivity contribution is 7.92. The maximum Gasteiger partial charge on any atom is 0.260 e. The molecular weight excluding hydrogens is 378 g/mol. The lowest BCUT2D eigenvalue weighted by Crippen LogP contribution is -2.39. The van der Waals surface area contributed by atoms with Crippen molar-refractivity contribution in [1.29, 1.82) is 0 Å². The smallest absolute Gasteiger partial charge is 0.260 e. The molecule has 0 bridgehead atoms. The Morgan fingerprint density at radius 1 is 1.29 bits per heavy atom. The van der Waals surface area contributed by atoms with Gasteiger partial charge in [-0.05, 0) is 49.1 Å². The minimum absolute atomic E-state index is 0.279. The van der Waals surface area contributed by atoms with E-state index in [0.717, 1.165) is 42.0 Å². The molecule has 0 heterocycles. The first-order chi connectivity index (χ1) is 13.0. The number of sulfonamides is 1. The summed E-state index contributed by atoms with van der Waals surface area (Å²) in [4.78, 5) is 12.3. The first-order valence-electron chi connectivity index (χ1n) is 9.46. The molecule has 0 saturated heterocycles. The molecule has 0 atom stereocenters. The molecule has 0 radical (unpaired) electrons. The third kappa shape index (κ3) is 6.22. The second kappa shape index (κ2) is 8.94. The number of hydrogen-bond donors (Lipinski definition) is 1. The van der Waals surface area contributed by atoms with Crippen LogP contribution in [0.1, 0.15) is 46.5 Å². The number of methoxy groups -OCH3 is 1. The van der Waals surface area contributed by atoms with E-state index in [2.05, 4.69) is 31.3 Å². The molecule has 0 spiro atoms. The van der Waals surface area contributed by atoms with Crippen LogP contribution in [0.2, 0.25) is 0 Å². The molecule has 156 valence electrons. The fraction of sp³-hybridized carbons (Fsp3) is 0.600. The topological polar surface area (TPSA) is 88.1 Å². The van der Waals surface area contributed by atoms with Crippen LogP contribution in [0.5, 0.6) is 5.75 Å². The van der Waals surface area contributed by atoms with Gasteiger partial charge >= 0.3 is 0 Å². The SMILES string of the molecule is COc1cccc(N(CC(=O)NN=C2CCC(C(C)(C)C)CC2)S(C)(=O)=O)c1. The van der Waals surface area contributed by atoms with E-state index in [0.29, 0.717) is 17.4 Å². The Kier molecular flexibility index (Phi) is 7.09. The van der Waals surface area contributed by atoms with Crippen LogP contribution in [-0.2, 0) is 14.8 Å². The molecule has 1 amide bonds. The highest BCUT2D eigenvalue weighted by atomic mass is 32.2. The van der Waals surface area contributed by atoms with Crippen molar-refractivity contribution in [2.24, 2.45) is 16.4 Å². The van der Waals surface area contributed by atoms with Gasteiger partial charge in [-0.25, -0.2) is 13.8 Å². The fourth-order valence-electron chi connectivity index (χ4n) is 3.40. The van der Waals surface area contributed by atoms with E-state index in [1.807, 2.05) is 0 Å². The third-order valence-electron chi connectivity index (χ3n) is 5.16. The van der Waals surface area contributed by atoms with E-state index < -0.39 is 15.9 Å². The van der Waals surface area contributed by atoms with Crippen molar-refractivity contribution in [1.82, 2.24) is 5.43 Å². The predicted molar refractivity (Wildman–Crippen MR) is 112 cm³/mol. The van der Waals surface area contributed by atoms with Crippen molar-refractivity contribution in [2.45, 2.75) is 46.5 Å². The maximum atomic E-state index is 12.3. The van der Waals surface area contributed by atoms with Gasteiger partial charge in [-0.3, -0.25) is 9.10 Å². The summed E-state index contributed by atoms with van der Waals surface area (Å²) in [6.45, 7) is 6.41. The summed E-state index contributed by atoms with van der Waals surface area (Å²) >= 11 is 0. The molecule has 1 aromatic carbocycles. The Bertz CT molecular complexity index is 818. The van der Waals surface area contributed by atoms with Gasteiger partial charge in [0.25, 0.3) is 5.91 Å². The summed E-state index contributed by atoms with van der Waals surface area (Å²) in [5.41, 5.74) is 4.13. The van der Waals surface area contributed by atoms with Crippen LogP contribution < -0.4 is 14.5 Å². The lowest BCUT2D eigenvalue weighted by molar-refractivity contribution is -0.119. The van der Waals surface area contributed by atoms with Crippen LogP contribution in [0, 0.1) is 11.3 Å². The summed E-state index contributed by atoms with van der Waals surface area (Å²) in [6, 6.07) is 6.59. The number of ether oxygens (including phenoxy) is 1. The minimum atomic E-state index is -3.64. The zero-order valence-corrected chi connectivity index (χ0v) is 18.2. The Labute approximate surface area is 168 Å². The van der Waals surface area contributed by atoms with Crippen LogP contribution in [0.3, 0.4) is 0 Å². The molecule has 0 aromatic heterocycles. The molecule has 1 fully saturated rings. The fourth-order valence-corrected chi connectivity index (χ4v) is 4.25. The molecule has 8 heteroatoms. The standard InChI is InChI=1S/C20H31N3O4S/c1-20(2,3)15-9-11-16(12-10-15)21-22-19(24)14-23(28(5,25)26)17-7-6-8-18(13-17)27-4/h6-8,13,15H,9-12,14H2,1-5H3,(H,22,24). The first-order valence-corrected chi connectivity index (χ1v) is 11.3. The largest absolute Gasteiger partial charge is 0.497 e. The van der Waals surface area contributed by atoms with Gasteiger partial charge in [-0.15, -0.1) is 0 Å². The van der Waals surface area contributed by atoms with E-state index in [1.165, 1.54) is 7.11 Å². The Balaban J connectivity index is 2.01. The number of hydrazone groups is 1. The van der Waals surface area contributed by atoms with Crippen LogP contribution in [0.15, 0.2) is 29.4 Å². The summed E-state index contributed by atoms with van der Waals surface area (Å²) in [6.07, 6.45) is 4.89. The molecule has 0 aliphatic heterocycles. The molecule has 7 nitrogen and oxygen atoms in total. The summed E-state index contributed by atoms with van der Waals surface area (Å²) in [7, 11) is -2.14. The van der Waals surface area contributed by atoms with Crippen molar-refractivity contribution in [2.75, 3.05) is 24.2 Å². The Morgan fingerprint density at radius 2 is 1.93 bits per heavy atom. The first kappa shape index (κ1) is 22.2. The van der Waals surface area contributed by atoms with Crippen LogP contribution in [0.25, 0.3) is 0 Å². The van der Waals surface area contributed by atoms with Gasteiger partial charge < -0.3 is 4.74 Å². The van der Waals surface area contributed by atoms with E-state index in [4.69, 9.17) is 4.74 Å². The number of nitrogens with one attached hydrogen (secondary N) is 1. The Morgan fingerprint density at radius 3 is 2.46 bits per heavy atom. The average Bonchev–Trinajstić information content (AvgIpc) is 2.63. The maximum absolute atomic E-state index is 12.3. The second-order valence-corrected chi connectivity index (χ2v) is 10.2. The quantitative estimate of drug-likeness (QED) is 0.731. The zero-order valence-electron chi connectivity index (χ0n) is 17.4. The van der Waals surface area contributed by atoms with E-state index in [1.54, 1.807) is 24.3 Å². The van der Waals surface area contributed by atoms with Gasteiger partial charge in [0.1, 0.15) is 12.3 Å². The number of nitrogens with zero attached hydrogens (tertiary/aromatic N) is 2. The van der Waals surface area contributed by atoms with E-state index >= 15 is 0 Å². The molecule has 1 N–H and O–H groups in total. The lowest BCUT2D eigenvalue weighted by Gasteiger charge is -2.34. The number of benzene rings is 1.